The van der Waals surface area contributed by atoms with E-state index in [1.54, 1.807) is 21.1 Å². The third-order valence-corrected chi connectivity index (χ3v) is 3.30. The van der Waals surface area contributed by atoms with E-state index in [0.29, 0.717) is 6.61 Å². The lowest BCUT2D eigenvalue weighted by Crippen LogP contribution is -2.43. The summed E-state index contributed by atoms with van der Waals surface area (Å²) in [4.78, 5) is 14.0. The summed E-state index contributed by atoms with van der Waals surface area (Å²) in [5.74, 6) is -2.21. The molecule has 0 heterocycles. The van der Waals surface area contributed by atoms with Crippen LogP contribution in [0.25, 0.3) is 0 Å². The molecule has 106 valence electrons. The first-order valence-corrected chi connectivity index (χ1v) is 6.08. The van der Waals surface area contributed by atoms with Gasteiger partial charge in [0.1, 0.15) is 0 Å². The van der Waals surface area contributed by atoms with E-state index in [0.717, 1.165) is 12.1 Å². The third-order valence-electron chi connectivity index (χ3n) is 3.30. The molecule has 0 aromatic heterocycles. The van der Waals surface area contributed by atoms with E-state index in [9.17, 15) is 13.6 Å². The Hall–Kier alpha value is -1.33. The Morgan fingerprint density at radius 3 is 2.47 bits per heavy atom. The van der Waals surface area contributed by atoms with Gasteiger partial charge in [0.2, 0.25) is 0 Å². The lowest BCUT2D eigenvalue weighted by Gasteiger charge is -2.29. The standard InChI is InChI=1S/C14H19F2NO2/c1-9(8-19-4)17(3)10(2)14(18)11-5-6-12(15)13(16)7-11/h5-7,9-10H,8H2,1-4H3. The van der Waals surface area contributed by atoms with E-state index in [1.807, 2.05) is 11.8 Å². The largest absolute Gasteiger partial charge is 0.383 e. The zero-order valence-corrected chi connectivity index (χ0v) is 11.6. The first kappa shape index (κ1) is 15.7. The fraction of sp³-hybridized carbons (Fsp3) is 0.500. The summed E-state index contributed by atoms with van der Waals surface area (Å²) in [6.07, 6.45) is 0. The van der Waals surface area contributed by atoms with Crippen molar-refractivity contribution in [1.29, 1.82) is 0 Å². The van der Waals surface area contributed by atoms with Crippen LogP contribution in [-0.2, 0) is 4.74 Å². The number of rotatable bonds is 6. The lowest BCUT2D eigenvalue weighted by molar-refractivity contribution is 0.0693. The van der Waals surface area contributed by atoms with Gasteiger partial charge >= 0.3 is 0 Å². The second-order valence-corrected chi connectivity index (χ2v) is 4.64. The summed E-state index contributed by atoms with van der Waals surface area (Å²) < 4.78 is 31.0. The minimum Gasteiger partial charge on any atom is -0.383 e. The average Bonchev–Trinajstić information content (AvgIpc) is 2.39. The molecule has 0 amide bonds. The van der Waals surface area contributed by atoms with Crippen LogP contribution in [0, 0.1) is 11.6 Å². The van der Waals surface area contributed by atoms with Gasteiger partial charge in [-0.2, -0.15) is 0 Å². The Kier molecular flexibility index (Phi) is 5.57. The van der Waals surface area contributed by atoms with Crippen LogP contribution in [0.1, 0.15) is 24.2 Å². The smallest absolute Gasteiger partial charge is 0.179 e. The first-order chi connectivity index (χ1) is 8.88. The number of methoxy groups -OCH3 is 1. The molecule has 0 radical (unpaired) electrons. The molecule has 19 heavy (non-hydrogen) atoms. The Morgan fingerprint density at radius 1 is 1.32 bits per heavy atom. The normalized spacial score (nSPS) is 14.5. The first-order valence-electron chi connectivity index (χ1n) is 6.08. The topological polar surface area (TPSA) is 29.5 Å². The van der Waals surface area contributed by atoms with Gasteiger partial charge in [-0.05, 0) is 39.1 Å². The van der Waals surface area contributed by atoms with Crippen molar-refractivity contribution in [1.82, 2.24) is 4.90 Å². The number of nitrogens with zero attached hydrogens (tertiary/aromatic N) is 1. The van der Waals surface area contributed by atoms with Crippen LogP contribution in [0.3, 0.4) is 0 Å². The number of carbonyl (C=O) groups excluding carboxylic acids is 1. The Balaban J connectivity index is 2.84. The summed E-state index contributed by atoms with van der Waals surface area (Å²) in [6, 6.07) is 2.81. The predicted octanol–water partition coefficient (Wildman–Crippen LogP) is 2.50. The maximum Gasteiger partial charge on any atom is 0.179 e. The van der Waals surface area contributed by atoms with E-state index < -0.39 is 17.7 Å². The summed E-state index contributed by atoms with van der Waals surface area (Å²) in [5.41, 5.74) is 0.169. The fourth-order valence-electron chi connectivity index (χ4n) is 1.82. The molecule has 0 aliphatic rings. The fourth-order valence-corrected chi connectivity index (χ4v) is 1.82. The highest BCUT2D eigenvalue weighted by atomic mass is 19.2. The van der Waals surface area contributed by atoms with Crippen molar-refractivity contribution in [3.05, 3.63) is 35.4 Å². The molecule has 3 nitrogen and oxygen atoms in total. The minimum absolute atomic E-state index is 0.0502. The molecule has 1 aromatic carbocycles. The summed E-state index contributed by atoms with van der Waals surface area (Å²) in [6.45, 7) is 4.15. The van der Waals surface area contributed by atoms with Crippen molar-refractivity contribution in [2.24, 2.45) is 0 Å². The Bertz CT molecular complexity index is 451. The van der Waals surface area contributed by atoms with Crippen molar-refractivity contribution in [3.63, 3.8) is 0 Å². The van der Waals surface area contributed by atoms with Crippen LogP contribution in [0.4, 0.5) is 8.78 Å². The molecule has 0 N–H and O–H groups in total. The monoisotopic (exact) mass is 271 g/mol. The van der Waals surface area contributed by atoms with Crippen molar-refractivity contribution < 1.29 is 18.3 Å². The van der Waals surface area contributed by atoms with E-state index >= 15 is 0 Å². The molecule has 0 aliphatic carbocycles. The maximum absolute atomic E-state index is 13.1. The summed E-state index contributed by atoms with van der Waals surface area (Å²) in [5, 5.41) is 0. The predicted molar refractivity (Wildman–Crippen MR) is 69.3 cm³/mol. The van der Waals surface area contributed by atoms with Gasteiger partial charge in [-0.3, -0.25) is 9.69 Å². The van der Waals surface area contributed by atoms with Crippen LogP contribution in [-0.4, -0.2) is 43.5 Å². The molecule has 2 unspecified atom stereocenters. The average molecular weight is 271 g/mol. The Morgan fingerprint density at radius 2 is 1.95 bits per heavy atom. The van der Waals surface area contributed by atoms with Gasteiger partial charge in [0, 0.05) is 18.7 Å². The molecular formula is C14H19F2NO2. The second kappa shape index (κ2) is 6.73. The van der Waals surface area contributed by atoms with Crippen LogP contribution in [0.2, 0.25) is 0 Å². The Labute approximate surface area is 112 Å². The third kappa shape index (κ3) is 3.81. The number of carbonyl (C=O) groups is 1. The number of Topliss-reactive ketones (excluding diaryl/α,β-unsaturated/α-hetero) is 1. The van der Waals surface area contributed by atoms with Gasteiger partial charge in [0.05, 0.1) is 12.6 Å². The number of hydrogen-bond donors (Lipinski definition) is 0. The van der Waals surface area contributed by atoms with E-state index in [4.69, 9.17) is 4.74 Å². The van der Waals surface area contributed by atoms with Gasteiger partial charge in [0.15, 0.2) is 17.4 Å². The van der Waals surface area contributed by atoms with Crippen molar-refractivity contribution >= 4 is 5.78 Å². The SMILES string of the molecule is COCC(C)N(C)C(C)C(=O)c1ccc(F)c(F)c1. The number of hydrogen-bond acceptors (Lipinski definition) is 3. The zero-order valence-electron chi connectivity index (χ0n) is 11.6. The van der Waals surface area contributed by atoms with Gasteiger partial charge in [-0.25, -0.2) is 8.78 Å². The maximum atomic E-state index is 13.1. The zero-order chi connectivity index (χ0) is 14.6. The minimum atomic E-state index is -1.01. The lowest BCUT2D eigenvalue weighted by atomic mass is 10.0. The highest BCUT2D eigenvalue weighted by molar-refractivity contribution is 5.99. The quantitative estimate of drug-likeness (QED) is 0.745. The van der Waals surface area contributed by atoms with Crippen molar-refractivity contribution in [2.75, 3.05) is 20.8 Å². The highest BCUT2D eigenvalue weighted by Crippen LogP contribution is 2.14. The molecule has 0 saturated heterocycles. The molecule has 0 spiro atoms. The van der Waals surface area contributed by atoms with Crippen molar-refractivity contribution in [3.8, 4) is 0 Å². The summed E-state index contributed by atoms with van der Waals surface area (Å²) in [7, 11) is 3.39. The molecule has 0 fully saturated rings. The van der Waals surface area contributed by atoms with Crippen LogP contribution in [0.5, 0.6) is 0 Å². The van der Waals surface area contributed by atoms with Gasteiger partial charge in [-0.1, -0.05) is 0 Å². The molecule has 0 saturated carbocycles. The molecule has 0 aliphatic heterocycles. The number of benzene rings is 1. The molecule has 0 bridgehead atoms. The van der Waals surface area contributed by atoms with E-state index in [-0.39, 0.29) is 17.4 Å². The molecule has 2 atom stereocenters. The number of likely N-dealkylation sites (N-methyl/N-ethyl adjacent to an activating group) is 1. The molecule has 1 rings (SSSR count). The van der Waals surface area contributed by atoms with Crippen LogP contribution < -0.4 is 0 Å². The molecule has 5 heteroatoms. The van der Waals surface area contributed by atoms with E-state index in [1.165, 1.54) is 6.07 Å². The molecular weight excluding hydrogens is 252 g/mol. The van der Waals surface area contributed by atoms with Crippen molar-refractivity contribution in [2.45, 2.75) is 25.9 Å². The van der Waals surface area contributed by atoms with Gasteiger partial charge in [0.25, 0.3) is 0 Å². The van der Waals surface area contributed by atoms with Gasteiger partial charge < -0.3 is 4.74 Å². The van der Waals surface area contributed by atoms with Crippen LogP contribution in [0.15, 0.2) is 18.2 Å². The molecule has 1 aromatic rings. The van der Waals surface area contributed by atoms with Gasteiger partial charge in [-0.15, -0.1) is 0 Å². The number of ketones is 1. The summed E-state index contributed by atoms with van der Waals surface area (Å²) >= 11 is 0. The van der Waals surface area contributed by atoms with E-state index in [2.05, 4.69) is 0 Å². The highest BCUT2D eigenvalue weighted by Gasteiger charge is 2.23. The number of halogens is 2. The van der Waals surface area contributed by atoms with Crippen LogP contribution >= 0.6 is 0 Å². The second-order valence-electron chi connectivity index (χ2n) is 4.64. The number of ether oxygens (including phenoxy) is 1.